The molecule has 0 spiro atoms. The number of carbonyl (C=O) groups is 4. The van der Waals surface area contributed by atoms with Gasteiger partial charge in [0.2, 0.25) is 0 Å². The summed E-state index contributed by atoms with van der Waals surface area (Å²) in [5, 5.41) is 32.1. The summed E-state index contributed by atoms with van der Waals surface area (Å²) in [6, 6.07) is -2.12. The number of hydrogen-bond donors (Lipinski definition) is 8. The predicted molar refractivity (Wildman–Crippen MR) is 108 cm³/mol. The summed E-state index contributed by atoms with van der Waals surface area (Å²) in [5.74, 6) is -3.33. The lowest BCUT2D eigenvalue weighted by molar-refractivity contribution is -0.140. The molecule has 0 saturated heterocycles. The van der Waals surface area contributed by atoms with Crippen LogP contribution in [0.4, 0.5) is 0 Å². The van der Waals surface area contributed by atoms with Gasteiger partial charge in [0.1, 0.15) is 18.1 Å². The van der Waals surface area contributed by atoms with Gasteiger partial charge in [-0.15, -0.1) is 0 Å². The second-order valence-corrected chi connectivity index (χ2v) is 6.55. The van der Waals surface area contributed by atoms with E-state index in [0.29, 0.717) is 12.3 Å². The second kappa shape index (κ2) is 20.5. The maximum atomic E-state index is 10.2. The first-order chi connectivity index (χ1) is 13.0. The Kier molecular flexibility index (Phi) is 24.2. The van der Waals surface area contributed by atoms with E-state index in [4.69, 9.17) is 37.6 Å². The van der Waals surface area contributed by atoms with Crippen molar-refractivity contribution in [1.82, 2.24) is 0 Å². The topological polar surface area (TPSA) is 253 Å². The highest BCUT2D eigenvalue weighted by Crippen LogP contribution is 2.04. The van der Waals surface area contributed by atoms with Crippen molar-refractivity contribution in [2.75, 3.05) is 6.54 Å². The average molecular weight is 427 g/mol. The highest BCUT2D eigenvalue weighted by Gasteiger charge is 2.17. The molecule has 12 N–H and O–H groups in total. The van der Waals surface area contributed by atoms with E-state index >= 15 is 0 Å². The number of hydrogen-bond acceptors (Lipinski definition) is 8. The van der Waals surface area contributed by atoms with Crippen molar-refractivity contribution in [3.05, 3.63) is 0 Å². The maximum absolute atomic E-state index is 10.2. The SMILES string of the molecule is CC(C)C[C@H](N)C(=O)O.CC[C@H](C)[C@H](N)C(=O)O.C[C@H](N)C(=O)O.NCC(=O)O. The molecular weight excluding hydrogens is 388 g/mol. The van der Waals surface area contributed by atoms with Crippen LogP contribution < -0.4 is 22.9 Å². The largest absolute Gasteiger partial charge is 0.480 e. The highest BCUT2D eigenvalue weighted by molar-refractivity contribution is 5.73. The van der Waals surface area contributed by atoms with Crippen LogP contribution in [0.25, 0.3) is 0 Å². The fourth-order valence-corrected chi connectivity index (χ4v) is 1.11. The maximum Gasteiger partial charge on any atom is 0.320 e. The van der Waals surface area contributed by atoms with Gasteiger partial charge >= 0.3 is 23.9 Å². The predicted octanol–water partition coefficient (Wildman–Crippen LogP) is -0.663. The number of rotatable bonds is 8. The van der Waals surface area contributed by atoms with Gasteiger partial charge in [-0.2, -0.15) is 0 Å². The molecule has 12 nitrogen and oxygen atoms in total. The normalized spacial score (nSPS) is 13.6. The molecule has 0 saturated carbocycles. The van der Waals surface area contributed by atoms with Crippen LogP contribution in [0.2, 0.25) is 0 Å². The molecule has 0 aromatic carbocycles. The molecule has 0 fully saturated rings. The molecule has 0 aromatic rings. The standard InChI is InChI=1S/2C6H13NO2.C3H7NO2.C2H5NO2/c1-4(2)3-5(7)6(8)9;1-3-4(2)5(7)6(8)9;1-2(4)3(5)6;3-1-2(4)5/h2*4-5H,3,7H2,1-2H3,(H,8,9);2H,4H2,1H3,(H,5,6);1,3H2,(H,4,5)/t5-;4-,5-;2-;/m000./s1. The molecule has 4 atom stereocenters. The van der Waals surface area contributed by atoms with Crippen LogP contribution in [0.3, 0.4) is 0 Å². The van der Waals surface area contributed by atoms with Crippen molar-refractivity contribution in [2.24, 2.45) is 34.8 Å². The third-order valence-electron chi connectivity index (χ3n) is 3.15. The van der Waals surface area contributed by atoms with E-state index in [2.05, 4.69) is 5.73 Å². The zero-order valence-electron chi connectivity index (χ0n) is 17.7. The van der Waals surface area contributed by atoms with E-state index in [1.165, 1.54) is 6.92 Å². The first kappa shape index (κ1) is 34.2. The lowest BCUT2D eigenvalue weighted by atomic mass is 10.0. The molecule has 12 heteroatoms. The fourth-order valence-electron chi connectivity index (χ4n) is 1.11. The average Bonchev–Trinajstić information content (AvgIpc) is 2.60. The molecule has 0 amide bonds. The Bertz CT molecular complexity index is 472. The minimum absolute atomic E-state index is 0.0718. The Morgan fingerprint density at radius 3 is 1.21 bits per heavy atom. The smallest absolute Gasteiger partial charge is 0.320 e. The Morgan fingerprint density at radius 2 is 1.14 bits per heavy atom. The van der Waals surface area contributed by atoms with E-state index in [1.54, 1.807) is 0 Å². The molecular formula is C17H38N4O8. The number of carboxylic acids is 4. The van der Waals surface area contributed by atoms with Crippen molar-refractivity contribution < 1.29 is 39.6 Å². The summed E-state index contributed by atoms with van der Waals surface area (Å²) in [5.41, 5.74) is 19.9. The van der Waals surface area contributed by atoms with Crippen LogP contribution in [0.1, 0.15) is 47.5 Å². The van der Waals surface area contributed by atoms with Crippen molar-refractivity contribution in [3.8, 4) is 0 Å². The molecule has 0 bridgehead atoms. The number of nitrogens with two attached hydrogens (primary N) is 4. The molecule has 0 aliphatic rings. The molecule has 29 heavy (non-hydrogen) atoms. The van der Waals surface area contributed by atoms with E-state index in [9.17, 15) is 19.2 Å². The zero-order valence-corrected chi connectivity index (χ0v) is 17.7. The third-order valence-corrected chi connectivity index (χ3v) is 3.15. The van der Waals surface area contributed by atoms with E-state index in [1.807, 2.05) is 27.7 Å². The van der Waals surface area contributed by atoms with Gasteiger partial charge in [0, 0.05) is 0 Å². The third kappa shape index (κ3) is 30.7. The summed E-state index contributed by atoms with van der Waals surface area (Å²) in [6.07, 6.45) is 1.36. The zero-order chi connectivity index (χ0) is 24.3. The monoisotopic (exact) mass is 426 g/mol. The lowest BCUT2D eigenvalue weighted by Crippen LogP contribution is -2.36. The van der Waals surface area contributed by atoms with Crippen molar-refractivity contribution in [1.29, 1.82) is 0 Å². The van der Waals surface area contributed by atoms with Gasteiger partial charge in [-0.3, -0.25) is 19.2 Å². The van der Waals surface area contributed by atoms with E-state index in [0.717, 1.165) is 6.42 Å². The van der Waals surface area contributed by atoms with Crippen LogP contribution in [0.15, 0.2) is 0 Å². The van der Waals surface area contributed by atoms with Crippen molar-refractivity contribution in [2.45, 2.75) is 65.6 Å². The molecule has 0 aromatic heterocycles. The van der Waals surface area contributed by atoms with Crippen LogP contribution >= 0.6 is 0 Å². The van der Waals surface area contributed by atoms with E-state index < -0.39 is 42.0 Å². The number of aliphatic carboxylic acids is 4. The van der Waals surface area contributed by atoms with Gasteiger partial charge in [0.05, 0.1) is 6.54 Å². The van der Waals surface area contributed by atoms with Crippen LogP contribution in [-0.2, 0) is 19.2 Å². The Labute approximate surface area is 171 Å². The molecule has 0 aliphatic carbocycles. The van der Waals surface area contributed by atoms with Crippen LogP contribution in [0.5, 0.6) is 0 Å². The Balaban J connectivity index is -0.000000148. The van der Waals surface area contributed by atoms with Gasteiger partial charge in [-0.05, 0) is 25.2 Å². The first-order valence-electron chi connectivity index (χ1n) is 8.91. The molecule has 0 rings (SSSR count). The van der Waals surface area contributed by atoms with Gasteiger partial charge in [0.15, 0.2) is 0 Å². The summed E-state index contributed by atoms with van der Waals surface area (Å²) in [6.45, 7) is 8.79. The molecule has 174 valence electrons. The van der Waals surface area contributed by atoms with Crippen LogP contribution in [-0.4, -0.2) is 69.0 Å². The first-order valence-corrected chi connectivity index (χ1v) is 8.91. The van der Waals surface area contributed by atoms with Crippen molar-refractivity contribution >= 4 is 23.9 Å². The summed E-state index contributed by atoms with van der Waals surface area (Å²) in [4.78, 5) is 39.1. The van der Waals surface area contributed by atoms with E-state index in [-0.39, 0.29) is 12.5 Å². The van der Waals surface area contributed by atoms with Gasteiger partial charge in [-0.25, -0.2) is 0 Å². The number of carboxylic acid groups (broad SMARTS) is 4. The molecule has 0 aliphatic heterocycles. The summed E-state index contributed by atoms with van der Waals surface area (Å²) < 4.78 is 0. The highest BCUT2D eigenvalue weighted by atomic mass is 16.4. The van der Waals surface area contributed by atoms with Gasteiger partial charge in [-0.1, -0.05) is 34.1 Å². The Hall–Kier alpha value is -2.28. The second-order valence-electron chi connectivity index (χ2n) is 6.55. The minimum Gasteiger partial charge on any atom is -0.480 e. The molecule has 0 unspecified atom stereocenters. The van der Waals surface area contributed by atoms with Crippen molar-refractivity contribution in [3.63, 3.8) is 0 Å². The molecule has 0 radical (unpaired) electrons. The minimum atomic E-state index is -0.968. The van der Waals surface area contributed by atoms with Gasteiger partial charge in [0.25, 0.3) is 0 Å². The quantitative estimate of drug-likeness (QED) is 0.240. The van der Waals surface area contributed by atoms with Crippen LogP contribution in [0, 0.1) is 11.8 Å². The summed E-state index contributed by atoms with van der Waals surface area (Å²) >= 11 is 0. The summed E-state index contributed by atoms with van der Waals surface area (Å²) in [7, 11) is 0. The molecule has 0 heterocycles. The lowest BCUT2D eigenvalue weighted by Gasteiger charge is -2.11. The fraction of sp³-hybridized carbons (Fsp3) is 0.765. The Morgan fingerprint density at radius 1 is 0.793 bits per heavy atom. The van der Waals surface area contributed by atoms with Gasteiger partial charge < -0.3 is 43.4 Å².